The summed E-state index contributed by atoms with van der Waals surface area (Å²) in [7, 11) is 0. The Morgan fingerprint density at radius 1 is 0.824 bits per heavy atom. The van der Waals surface area contributed by atoms with E-state index in [1.165, 1.54) is 56.9 Å². The van der Waals surface area contributed by atoms with Gasteiger partial charge in [-0.1, -0.05) is 57.6 Å². The van der Waals surface area contributed by atoms with Gasteiger partial charge in [0.1, 0.15) is 0 Å². The molecule has 0 aliphatic heterocycles. The van der Waals surface area contributed by atoms with Gasteiger partial charge in [-0.2, -0.15) is 0 Å². The molecule has 0 heterocycles. The van der Waals surface area contributed by atoms with Crippen LogP contribution < -0.4 is 0 Å². The Hall–Kier alpha value is 0.830. The van der Waals surface area contributed by atoms with Gasteiger partial charge in [-0.05, 0) is 30.5 Å². The van der Waals surface area contributed by atoms with Crippen molar-refractivity contribution in [3.05, 3.63) is 29.8 Å². The SMILES string of the molecule is CCCCCCCCCc1ccc(S)cc1.[CaH2]. The normalized spacial score (nSPS) is 10.0. The zero-order valence-electron chi connectivity index (χ0n) is 10.4. The first-order chi connectivity index (χ1) is 7.83. The number of benzene rings is 1. The van der Waals surface area contributed by atoms with E-state index in [1.54, 1.807) is 0 Å². The summed E-state index contributed by atoms with van der Waals surface area (Å²) >= 11 is 4.29. The van der Waals surface area contributed by atoms with Gasteiger partial charge in [-0.15, -0.1) is 12.6 Å². The molecule has 2 heteroatoms. The fourth-order valence-electron chi connectivity index (χ4n) is 1.95. The second-order valence-corrected chi connectivity index (χ2v) is 5.05. The third-order valence-corrected chi connectivity index (χ3v) is 3.30. The molecule has 0 saturated carbocycles. The van der Waals surface area contributed by atoms with Crippen molar-refractivity contribution in [3.8, 4) is 0 Å². The Morgan fingerprint density at radius 2 is 1.35 bits per heavy atom. The van der Waals surface area contributed by atoms with Gasteiger partial charge >= 0.3 is 37.7 Å². The van der Waals surface area contributed by atoms with Gasteiger partial charge in [0, 0.05) is 4.90 Å². The minimum atomic E-state index is 0. The van der Waals surface area contributed by atoms with Gasteiger partial charge in [0.15, 0.2) is 0 Å². The topological polar surface area (TPSA) is 0 Å². The van der Waals surface area contributed by atoms with Crippen LogP contribution in [0, 0.1) is 0 Å². The van der Waals surface area contributed by atoms with E-state index in [2.05, 4.69) is 43.8 Å². The molecule has 0 aliphatic rings. The fourth-order valence-corrected chi connectivity index (χ4v) is 2.10. The summed E-state index contributed by atoms with van der Waals surface area (Å²) in [6.45, 7) is 2.27. The molecule has 0 N–H and O–H groups in total. The molecule has 0 radical (unpaired) electrons. The number of thiol groups is 1. The minimum absolute atomic E-state index is 0. The van der Waals surface area contributed by atoms with Crippen LogP contribution in [0.1, 0.15) is 57.4 Å². The summed E-state index contributed by atoms with van der Waals surface area (Å²) < 4.78 is 0. The maximum atomic E-state index is 4.29. The van der Waals surface area contributed by atoms with Crippen molar-refractivity contribution < 1.29 is 0 Å². The van der Waals surface area contributed by atoms with Gasteiger partial charge in [-0.3, -0.25) is 0 Å². The number of aryl methyl sites for hydroxylation is 1. The van der Waals surface area contributed by atoms with E-state index in [-0.39, 0.29) is 37.7 Å². The Kier molecular flexibility index (Phi) is 12.5. The maximum absolute atomic E-state index is 4.29. The van der Waals surface area contributed by atoms with Crippen LogP contribution in [0.4, 0.5) is 0 Å². The van der Waals surface area contributed by atoms with E-state index in [1.807, 2.05) is 0 Å². The van der Waals surface area contributed by atoms with Crippen LogP contribution in [0.5, 0.6) is 0 Å². The van der Waals surface area contributed by atoms with Crippen LogP contribution in [0.3, 0.4) is 0 Å². The molecule has 1 aromatic rings. The van der Waals surface area contributed by atoms with E-state index >= 15 is 0 Å². The summed E-state index contributed by atoms with van der Waals surface area (Å²) in [5.41, 5.74) is 1.45. The first-order valence-electron chi connectivity index (χ1n) is 6.61. The van der Waals surface area contributed by atoms with E-state index in [0.29, 0.717) is 0 Å². The van der Waals surface area contributed by atoms with Crippen LogP contribution in [-0.4, -0.2) is 37.7 Å². The second kappa shape index (κ2) is 11.9. The van der Waals surface area contributed by atoms with Gasteiger partial charge in [0.25, 0.3) is 0 Å². The molecule has 0 saturated heterocycles. The molecule has 0 aliphatic carbocycles. The number of hydrogen-bond acceptors (Lipinski definition) is 1. The quantitative estimate of drug-likeness (QED) is 0.408. The average Bonchev–Trinajstić information content (AvgIpc) is 2.30. The molecule has 0 atom stereocenters. The predicted octanol–water partition coefficient (Wildman–Crippen LogP) is 4.35. The van der Waals surface area contributed by atoms with Crippen molar-refractivity contribution in [2.24, 2.45) is 0 Å². The molecule has 1 rings (SSSR count). The molecule has 17 heavy (non-hydrogen) atoms. The monoisotopic (exact) mass is 278 g/mol. The molecular weight excluding hydrogens is 252 g/mol. The Balaban J connectivity index is 0.00000256. The Bertz CT molecular complexity index is 269. The van der Waals surface area contributed by atoms with E-state index in [4.69, 9.17) is 0 Å². The molecule has 0 unspecified atom stereocenters. The van der Waals surface area contributed by atoms with Gasteiger partial charge in [-0.25, -0.2) is 0 Å². The Labute approximate surface area is 142 Å². The standard InChI is InChI=1S/C15H24S.Ca.2H/c1-2-3-4-5-6-7-8-9-14-10-12-15(16)13-11-14;;;/h10-13,16H,2-9H2,1H3;;;. The van der Waals surface area contributed by atoms with Crippen molar-refractivity contribution in [1.82, 2.24) is 0 Å². The van der Waals surface area contributed by atoms with Crippen molar-refractivity contribution in [2.75, 3.05) is 0 Å². The summed E-state index contributed by atoms with van der Waals surface area (Å²) in [5, 5.41) is 0. The predicted molar refractivity (Wildman–Crippen MR) is 83.9 cm³/mol. The van der Waals surface area contributed by atoms with Crippen LogP contribution in [0.25, 0.3) is 0 Å². The van der Waals surface area contributed by atoms with Crippen molar-refractivity contribution in [3.63, 3.8) is 0 Å². The van der Waals surface area contributed by atoms with E-state index in [9.17, 15) is 0 Å². The van der Waals surface area contributed by atoms with E-state index in [0.717, 1.165) is 4.90 Å². The van der Waals surface area contributed by atoms with Crippen molar-refractivity contribution >= 4 is 50.4 Å². The molecular formula is C15H26CaS. The third kappa shape index (κ3) is 9.41. The van der Waals surface area contributed by atoms with Gasteiger partial charge < -0.3 is 0 Å². The molecule has 94 valence electrons. The number of rotatable bonds is 8. The zero-order valence-corrected chi connectivity index (χ0v) is 11.3. The molecule has 0 bridgehead atoms. The molecule has 0 nitrogen and oxygen atoms in total. The van der Waals surface area contributed by atoms with Crippen molar-refractivity contribution in [1.29, 1.82) is 0 Å². The first-order valence-corrected chi connectivity index (χ1v) is 7.05. The molecule has 0 aromatic heterocycles. The van der Waals surface area contributed by atoms with Crippen molar-refractivity contribution in [2.45, 2.75) is 63.2 Å². The summed E-state index contributed by atoms with van der Waals surface area (Å²) in [6.07, 6.45) is 10.9. The Morgan fingerprint density at radius 3 is 1.94 bits per heavy atom. The van der Waals surface area contributed by atoms with Crippen LogP contribution in [0.15, 0.2) is 29.2 Å². The molecule has 1 aromatic carbocycles. The third-order valence-electron chi connectivity index (χ3n) is 3.01. The number of unbranched alkanes of at least 4 members (excludes halogenated alkanes) is 6. The molecule has 0 amide bonds. The number of hydrogen-bond donors (Lipinski definition) is 1. The van der Waals surface area contributed by atoms with Gasteiger partial charge in [0.05, 0.1) is 0 Å². The average molecular weight is 279 g/mol. The van der Waals surface area contributed by atoms with E-state index < -0.39 is 0 Å². The molecule has 0 fully saturated rings. The zero-order chi connectivity index (χ0) is 11.6. The first kappa shape index (κ1) is 17.8. The van der Waals surface area contributed by atoms with Crippen LogP contribution in [-0.2, 0) is 6.42 Å². The summed E-state index contributed by atoms with van der Waals surface area (Å²) in [5.74, 6) is 0. The van der Waals surface area contributed by atoms with Gasteiger partial charge in [0.2, 0.25) is 0 Å². The summed E-state index contributed by atoms with van der Waals surface area (Å²) in [6, 6.07) is 8.55. The fraction of sp³-hybridized carbons (Fsp3) is 0.600. The second-order valence-electron chi connectivity index (χ2n) is 4.54. The summed E-state index contributed by atoms with van der Waals surface area (Å²) in [4.78, 5) is 1.06. The van der Waals surface area contributed by atoms with Crippen LogP contribution >= 0.6 is 12.6 Å². The van der Waals surface area contributed by atoms with Crippen LogP contribution in [0.2, 0.25) is 0 Å². The molecule has 0 spiro atoms.